The van der Waals surface area contributed by atoms with Crippen molar-refractivity contribution in [3.8, 4) is 0 Å². The first-order valence-electron chi connectivity index (χ1n) is 7.20. The van der Waals surface area contributed by atoms with Gasteiger partial charge in [-0.2, -0.15) is 0 Å². The molecule has 0 aliphatic heterocycles. The Morgan fingerprint density at radius 2 is 2.05 bits per heavy atom. The SMILES string of the molecule is CC(C)(C)NS(=O)(=O)CCNC1CCc2cccc(F)c21. The van der Waals surface area contributed by atoms with Crippen LogP contribution in [-0.4, -0.2) is 26.3 Å². The second-order valence-electron chi connectivity index (χ2n) is 6.53. The van der Waals surface area contributed by atoms with Gasteiger partial charge < -0.3 is 5.32 Å². The third kappa shape index (κ3) is 4.49. The van der Waals surface area contributed by atoms with Crippen molar-refractivity contribution >= 4 is 10.0 Å². The minimum atomic E-state index is -3.32. The van der Waals surface area contributed by atoms with E-state index in [1.54, 1.807) is 26.8 Å². The Hall–Kier alpha value is -0.980. The number of hydrogen-bond acceptors (Lipinski definition) is 3. The molecule has 0 heterocycles. The van der Waals surface area contributed by atoms with Crippen LogP contribution in [0.15, 0.2) is 18.2 Å². The number of hydrogen-bond donors (Lipinski definition) is 2. The van der Waals surface area contributed by atoms with Crippen LogP contribution >= 0.6 is 0 Å². The molecule has 118 valence electrons. The molecule has 2 rings (SSSR count). The lowest BCUT2D eigenvalue weighted by Gasteiger charge is -2.21. The summed E-state index contributed by atoms with van der Waals surface area (Å²) >= 11 is 0. The van der Waals surface area contributed by atoms with Gasteiger partial charge in [0.1, 0.15) is 5.82 Å². The molecule has 0 saturated heterocycles. The lowest BCUT2D eigenvalue weighted by Crippen LogP contribution is -2.43. The van der Waals surface area contributed by atoms with Crippen LogP contribution in [0.5, 0.6) is 0 Å². The van der Waals surface area contributed by atoms with Crippen molar-refractivity contribution in [1.29, 1.82) is 0 Å². The third-order valence-electron chi connectivity index (χ3n) is 3.42. The minimum Gasteiger partial charge on any atom is -0.309 e. The van der Waals surface area contributed by atoms with E-state index in [4.69, 9.17) is 0 Å². The summed E-state index contributed by atoms with van der Waals surface area (Å²) in [6, 6.07) is 5.01. The quantitative estimate of drug-likeness (QED) is 0.875. The molecule has 21 heavy (non-hydrogen) atoms. The highest BCUT2D eigenvalue weighted by atomic mass is 32.2. The van der Waals surface area contributed by atoms with Crippen molar-refractivity contribution in [2.24, 2.45) is 0 Å². The molecule has 1 aliphatic carbocycles. The van der Waals surface area contributed by atoms with Gasteiger partial charge in [-0.25, -0.2) is 17.5 Å². The van der Waals surface area contributed by atoms with Gasteiger partial charge in [0.15, 0.2) is 0 Å². The Balaban J connectivity index is 1.92. The zero-order chi connectivity index (χ0) is 15.7. The lowest BCUT2D eigenvalue weighted by atomic mass is 10.1. The number of nitrogens with one attached hydrogen (secondary N) is 2. The van der Waals surface area contributed by atoms with Gasteiger partial charge in [-0.3, -0.25) is 0 Å². The van der Waals surface area contributed by atoms with Gasteiger partial charge >= 0.3 is 0 Å². The maximum atomic E-state index is 13.9. The molecule has 0 bridgehead atoms. The Bertz CT molecular complexity index is 609. The molecule has 1 atom stereocenters. The Morgan fingerprint density at radius 3 is 2.71 bits per heavy atom. The molecule has 0 radical (unpaired) electrons. The van der Waals surface area contributed by atoms with Gasteiger partial charge in [0, 0.05) is 23.7 Å². The van der Waals surface area contributed by atoms with Gasteiger partial charge in [0.05, 0.1) is 5.75 Å². The van der Waals surface area contributed by atoms with Crippen molar-refractivity contribution in [3.63, 3.8) is 0 Å². The van der Waals surface area contributed by atoms with Crippen LogP contribution in [0.25, 0.3) is 0 Å². The monoisotopic (exact) mass is 314 g/mol. The van der Waals surface area contributed by atoms with E-state index >= 15 is 0 Å². The van der Waals surface area contributed by atoms with E-state index in [1.165, 1.54) is 6.07 Å². The fourth-order valence-corrected chi connectivity index (χ4v) is 4.14. The largest absolute Gasteiger partial charge is 0.309 e. The summed E-state index contributed by atoms with van der Waals surface area (Å²) in [5.41, 5.74) is 1.23. The predicted octanol–water partition coefficient (Wildman–Crippen LogP) is 2.12. The minimum absolute atomic E-state index is 0.00937. The van der Waals surface area contributed by atoms with Crippen molar-refractivity contribution in [1.82, 2.24) is 10.0 Å². The first-order chi connectivity index (χ1) is 9.68. The van der Waals surface area contributed by atoms with Crippen LogP contribution in [0, 0.1) is 5.82 Å². The second kappa shape index (κ2) is 6.02. The summed E-state index contributed by atoms with van der Waals surface area (Å²) in [6.07, 6.45) is 1.64. The average Bonchev–Trinajstić information content (AvgIpc) is 2.70. The van der Waals surface area contributed by atoms with Gasteiger partial charge in [0.2, 0.25) is 10.0 Å². The normalized spacial score (nSPS) is 18.8. The van der Waals surface area contributed by atoms with E-state index in [0.29, 0.717) is 12.1 Å². The zero-order valence-corrected chi connectivity index (χ0v) is 13.6. The number of aryl methyl sites for hydroxylation is 1. The van der Waals surface area contributed by atoms with E-state index < -0.39 is 15.6 Å². The fourth-order valence-electron chi connectivity index (χ4n) is 2.72. The van der Waals surface area contributed by atoms with Crippen molar-refractivity contribution in [2.45, 2.75) is 45.2 Å². The summed E-state index contributed by atoms with van der Waals surface area (Å²) in [7, 11) is -3.32. The molecule has 6 heteroatoms. The van der Waals surface area contributed by atoms with E-state index in [-0.39, 0.29) is 17.6 Å². The van der Waals surface area contributed by atoms with E-state index in [0.717, 1.165) is 18.4 Å². The van der Waals surface area contributed by atoms with Crippen LogP contribution < -0.4 is 10.0 Å². The van der Waals surface area contributed by atoms with Crippen molar-refractivity contribution in [2.75, 3.05) is 12.3 Å². The number of sulfonamides is 1. The molecule has 0 saturated carbocycles. The topological polar surface area (TPSA) is 58.2 Å². The molecule has 0 amide bonds. The molecule has 1 unspecified atom stereocenters. The van der Waals surface area contributed by atoms with Gasteiger partial charge in [0.25, 0.3) is 0 Å². The summed E-state index contributed by atoms with van der Waals surface area (Å²) < 4.78 is 40.3. The molecule has 0 aromatic heterocycles. The number of halogens is 1. The molecule has 2 N–H and O–H groups in total. The molecule has 1 aliphatic rings. The summed E-state index contributed by atoms with van der Waals surface area (Å²) in [6.45, 7) is 5.73. The van der Waals surface area contributed by atoms with Crippen LogP contribution in [0.1, 0.15) is 44.4 Å². The fraction of sp³-hybridized carbons (Fsp3) is 0.600. The number of benzene rings is 1. The van der Waals surface area contributed by atoms with Crippen LogP contribution in [0.3, 0.4) is 0 Å². The third-order valence-corrected chi connectivity index (χ3v) is 5.08. The smallest absolute Gasteiger partial charge is 0.213 e. The highest BCUT2D eigenvalue weighted by molar-refractivity contribution is 7.89. The molecular weight excluding hydrogens is 291 g/mol. The summed E-state index contributed by atoms with van der Waals surface area (Å²) in [5.74, 6) is -0.219. The highest BCUT2D eigenvalue weighted by Crippen LogP contribution is 2.32. The van der Waals surface area contributed by atoms with E-state index in [1.807, 2.05) is 6.07 Å². The van der Waals surface area contributed by atoms with Gasteiger partial charge in [-0.1, -0.05) is 12.1 Å². The van der Waals surface area contributed by atoms with Crippen molar-refractivity contribution in [3.05, 3.63) is 35.1 Å². The molecule has 4 nitrogen and oxygen atoms in total. The predicted molar refractivity (Wildman–Crippen MR) is 82.1 cm³/mol. The first-order valence-corrected chi connectivity index (χ1v) is 8.85. The Kier molecular flexibility index (Phi) is 4.70. The van der Waals surface area contributed by atoms with Crippen LogP contribution in [0.4, 0.5) is 4.39 Å². The first kappa shape index (κ1) is 16.4. The average molecular weight is 314 g/mol. The molecule has 1 aromatic carbocycles. The Labute approximate surface area is 126 Å². The lowest BCUT2D eigenvalue weighted by molar-refractivity contribution is 0.484. The number of rotatable bonds is 5. The molecule has 0 fully saturated rings. The van der Waals surface area contributed by atoms with Gasteiger partial charge in [-0.05, 0) is 45.2 Å². The molecule has 0 spiro atoms. The van der Waals surface area contributed by atoms with Crippen molar-refractivity contribution < 1.29 is 12.8 Å². The Morgan fingerprint density at radius 1 is 1.33 bits per heavy atom. The number of fused-ring (bicyclic) bond motifs is 1. The standard InChI is InChI=1S/C15H23FN2O2S/c1-15(2,3)18-21(19,20)10-9-17-13-8-7-11-5-4-6-12(16)14(11)13/h4-6,13,17-18H,7-10H2,1-3H3. The molecule has 1 aromatic rings. The van der Waals surface area contributed by atoms with Gasteiger partial charge in [-0.15, -0.1) is 0 Å². The van der Waals surface area contributed by atoms with E-state index in [2.05, 4.69) is 10.0 Å². The second-order valence-corrected chi connectivity index (χ2v) is 8.37. The maximum Gasteiger partial charge on any atom is 0.213 e. The van der Waals surface area contributed by atoms with Crippen LogP contribution in [-0.2, 0) is 16.4 Å². The van der Waals surface area contributed by atoms with Crippen LogP contribution in [0.2, 0.25) is 0 Å². The highest BCUT2D eigenvalue weighted by Gasteiger charge is 2.26. The molecular formula is C15H23FN2O2S. The zero-order valence-electron chi connectivity index (χ0n) is 12.7. The van der Waals surface area contributed by atoms with E-state index in [9.17, 15) is 12.8 Å². The summed E-state index contributed by atoms with van der Waals surface area (Å²) in [4.78, 5) is 0. The maximum absolute atomic E-state index is 13.9. The summed E-state index contributed by atoms with van der Waals surface area (Å²) in [5, 5.41) is 3.16.